The summed E-state index contributed by atoms with van der Waals surface area (Å²) in [6.45, 7) is 14.9. The highest BCUT2D eigenvalue weighted by atomic mass is 28.4. The van der Waals surface area contributed by atoms with Crippen molar-refractivity contribution >= 4 is 16.6 Å². The maximum absolute atomic E-state index is 14.6. The molecule has 0 N–H and O–H groups in total. The van der Waals surface area contributed by atoms with Crippen molar-refractivity contribution in [2.24, 2.45) is 0 Å². The van der Waals surface area contributed by atoms with Crippen molar-refractivity contribution in [1.29, 1.82) is 0 Å². The van der Waals surface area contributed by atoms with Gasteiger partial charge in [0.1, 0.15) is 0 Å². The van der Waals surface area contributed by atoms with Crippen molar-refractivity contribution in [3.8, 4) is 0 Å². The predicted octanol–water partition coefficient (Wildman–Crippen LogP) is 4.20. The van der Waals surface area contributed by atoms with Crippen molar-refractivity contribution in [3.05, 3.63) is 0 Å². The van der Waals surface area contributed by atoms with Gasteiger partial charge >= 0.3 is 0 Å². The Balaban J connectivity index is 4.35. The first-order chi connectivity index (χ1) is 7.47. The van der Waals surface area contributed by atoms with Crippen LogP contribution < -0.4 is 0 Å². The molecule has 0 aromatic rings. The average molecular weight is 281 g/mol. The highest BCUT2D eigenvalue weighted by Gasteiger charge is 2.33. The van der Waals surface area contributed by atoms with Crippen LogP contribution in [0.5, 0.6) is 0 Å². The van der Waals surface area contributed by atoms with Gasteiger partial charge in [-0.15, -0.1) is 0 Å². The molecule has 2 nitrogen and oxygen atoms in total. The molecule has 0 saturated carbocycles. The molecule has 0 rings (SSSR count). The Labute approximate surface area is 108 Å². The lowest BCUT2D eigenvalue weighted by molar-refractivity contribution is 0.0222. The van der Waals surface area contributed by atoms with Crippen LogP contribution in [-0.4, -0.2) is 35.5 Å². The number of hydrogen-bond donors (Lipinski definition) is 0. The van der Waals surface area contributed by atoms with Gasteiger partial charge in [0.15, 0.2) is 22.3 Å². The Bertz CT molecular complexity index is 204. The zero-order valence-corrected chi connectivity index (χ0v) is 14.5. The van der Waals surface area contributed by atoms with Gasteiger partial charge in [0.05, 0.1) is 13.2 Å². The highest BCUT2D eigenvalue weighted by Crippen LogP contribution is 2.23. The smallest absolute Gasteiger partial charge is 0.183 e. The highest BCUT2D eigenvalue weighted by molar-refractivity contribution is 6.70. The van der Waals surface area contributed by atoms with Crippen LogP contribution in [0.2, 0.25) is 39.3 Å². The van der Waals surface area contributed by atoms with Crippen molar-refractivity contribution in [2.45, 2.75) is 64.7 Å². The fourth-order valence-electron chi connectivity index (χ4n) is 1.33. The van der Waals surface area contributed by atoms with Gasteiger partial charge in [0, 0.05) is 0 Å². The van der Waals surface area contributed by atoms with E-state index >= 15 is 0 Å². The van der Waals surface area contributed by atoms with E-state index < -0.39 is 22.3 Å². The monoisotopic (exact) mass is 280 g/mol. The summed E-state index contributed by atoms with van der Waals surface area (Å²) in [6.07, 6.45) is 1.34. The Morgan fingerprint density at radius 3 is 1.47 bits per heavy atom. The first kappa shape index (κ1) is 17.3. The summed E-state index contributed by atoms with van der Waals surface area (Å²) in [5, 5.41) is 0. The SMILES string of the molecule is CCCC(F)(CO[Si](C)(C)C)CO[Si](C)(C)C. The zero-order chi connectivity index (χ0) is 13.7. The van der Waals surface area contributed by atoms with Gasteiger partial charge in [0.2, 0.25) is 0 Å². The van der Waals surface area contributed by atoms with E-state index in [0.717, 1.165) is 6.42 Å². The molecule has 0 radical (unpaired) electrons. The molecule has 17 heavy (non-hydrogen) atoms. The van der Waals surface area contributed by atoms with Crippen molar-refractivity contribution < 1.29 is 13.2 Å². The third kappa shape index (κ3) is 9.94. The van der Waals surface area contributed by atoms with E-state index in [4.69, 9.17) is 8.85 Å². The maximum Gasteiger partial charge on any atom is 0.183 e. The van der Waals surface area contributed by atoms with Crippen LogP contribution in [0.25, 0.3) is 0 Å². The van der Waals surface area contributed by atoms with Gasteiger partial charge in [-0.1, -0.05) is 13.3 Å². The van der Waals surface area contributed by atoms with Gasteiger partial charge < -0.3 is 8.85 Å². The van der Waals surface area contributed by atoms with Crippen LogP contribution in [0.1, 0.15) is 19.8 Å². The van der Waals surface area contributed by atoms with E-state index in [1.807, 2.05) is 6.92 Å². The molecular formula is C12H29FO2Si2. The first-order valence-electron chi connectivity index (χ1n) is 6.44. The Kier molecular flexibility index (Phi) is 6.56. The third-order valence-electron chi connectivity index (χ3n) is 2.23. The molecule has 0 atom stereocenters. The van der Waals surface area contributed by atoms with Gasteiger partial charge in [-0.3, -0.25) is 0 Å². The fraction of sp³-hybridized carbons (Fsp3) is 1.00. The summed E-state index contributed by atoms with van der Waals surface area (Å²) in [4.78, 5) is 0. The second-order valence-corrected chi connectivity index (χ2v) is 15.7. The average Bonchev–Trinajstić information content (AvgIpc) is 2.11. The molecule has 0 aliphatic rings. The summed E-state index contributed by atoms with van der Waals surface area (Å²) >= 11 is 0. The van der Waals surface area contributed by atoms with E-state index in [-0.39, 0.29) is 13.2 Å². The minimum atomic E-state index is -1.66. The lowest BCUT2D eigenvalue weighted by Crippen LogP contribution is -2.43. The van der Waals surface area contributed by atoms with Crippen LogP contribution >= 0.6 is 0 Å². The van der Waals surface area contributed by atoms with Gasteiger partial charge in [0.25, 0.3) is 0 Å². The maximum atomic E-state index is 14.6. The second kappa shape index (κ2) is 6.45. The van der Waals surface area contributed by atoms with E-state index in [1.165, 1.54) is 0 Å². The van der Waals surface area contributed by atoms with Crippen LogP contribution in [0.3, 0.4) is 0 Å². The largest absolute Gasteiger partial charge is 0.414 e. The summed E-state index contributed by atoms with van der Waals surface area (Å²) in [7, 11) is -3.31. The lowest BCUT2D eigenvalue weighted by Gasteiger charge is -2.31. The Morgan fingerprint density at radius 2 is 1.24 bits per heavy atom. The fourth-order valence-corrected chi connectivity index (χ4v) is 2.71. The number of hydrogen-bond acceptors (Lipinski definition) is 2. The molecule has 0 fully saturated rings. The van der Waals surface area contributed by atoms with Gasteiger partial charge in [-0.25, -0.2) is 4.39 Å². The molecule has 0 bridgehead atoms. The predicted molar refractivity (Wildman–Crippen MR) is 77.3 cm³/mol. The number of alkyl halides is 1. The lowest BCUT2D eigenvalue weighted by atomic mass is 10.0. The molecule has 0 aliphatic heterocycles. The molecule has 0 aromatic carbocycles. The third-order valence-corrected chi connectivity index (χ3v) is 4.25. The van der Waals surface area contributed by atoms with E-state index in [1.54, 1.807) is 0 Å². The summed E-state index contributed by atoms with van der Waals surface area (Å²) < 4.78 is 26.1. The normalized spacial score (nSPS) is 14.1. The van der Waals surface area contributed by atoms with Gasteiger partial charge in [-0.05, 0) is 45.7 Å². The minimum Gasteiger partial charge on any atom is -0.414 e. The molecule has 5 heteroatoms. The van der Waals surface area contributed by atoms with E-state index in [9.17, 15) is 4.39 Å². The zero-order valence-electron chi connectivity index (χ0n) is 12.5. The summed E-state index contributed by atoms with van der Waals surface area (Å²) in [6, 6.07) is 0. The van der Waals surface area contributed by atoms with Crippen molar-refractivity contribution in [3.63, 3.8) is 0 Å². The molecular weight excluding hydrogens is 251 g/mol. The van der Waals surface area contributed by atoms with E-state index in [0.29, 0.717) is 6.42 Å². The van der Waals surface area contributed by atoms with Crippen LogP contribution in [-0.2, 0) is 8.85 Å². The van der Waals surface area contributed by atoms with Crippen molar-refractivity contribution in [2.75, 3.05) is 13.2 Å². The van der Waals surface area contributed by atoms with Crippen molar-refractivity contribution in [1.82, 2.24) is 0 Å². The quantitative estimate of drug-likeness (QED) is 0.620. The molecule has 104 valence electrons. The summed E-state index contributed by atoms with van der Waals surface area (Å²) in [5.41, 5.74) is -1.31. The molecule has 0 aliphatic carbocycles. The Hall–Kier alpha value is 0.284. The van der Waals surface area contributed by atoms with Crippen LogP contribution in [0, 0.1) is 0 Å². The molecule has 0 unspecified atom stereocenters. The molecule has 0 amide bonds. The van der Waals surface area contributed by atoms with Crippen LogP contribution in [0.4, 0.5) is 4.39 Å². The second-order valence-electron chi connectivity index (χ2n) is 6.70. The Morgan fingerprint density at radius 1 is 0.882 bits per heavy atom. The number of halogens is 1. The molecule has 0 aromatic heterocycles. The minimum absolute atomic E-state index is 0.182. The summed E-state index contributed by atoms with van der Waals surface area (Å²) in [5.74, 6) is 0. The molecule has 0 saturated heterocycles. The molecule has 0 heterocycles. The molecule has 0 spiro atoms. The standard InChI is InChI=1S/C12H29FO2Si2/c1-8-9-12(13,10-14-16(2,3)4)11-15-17(5,6)7/h8-11H2,1-7H3. The topological polar surface area (TPSA) is 18.5 Å². The van der Waals surface area contributed by atoms with Crippen LogP contribution in [0.15, 0.2) is 0 Å². The van der Waals surface area contributed by atoms with E-state index in [2.05, 4.69) is 39.3 Å². The number of rotatable bonds is 8. The van der Waals surface area contributed by atoms with Gasteiger partial charge in [-0.2, -0.15) is 0 Å². The first-order valence-corrected chi connectivity index (χ1v) is 13.3.